The molecule has 2 bridgehead atoms. The summed E-state index contributed by atoms with van der Waals surface area (Å²) in [6.07, 6.45) is 10.8. The molecule has 4 aliphatic carbocycles. The van der Waals surface area contributed by atoms with Gasteiger partial charge in [0.15, 0.2) is 0 Å². The minimum atomic E-state index is 0.926. The summed E-state index contributed by atoms with van der Waals surface area (Å²) in [5.74, 6) is 5.57. The molecule has 0 amide bonds. The fraction of sp³-hybridized carbons (Fsp3) is 1.00. The zero-order valence-corrected chi connectivity index (χ0v) is 9.62. The summed E-state index contributed by atoms with van der Waals surface area (Å²) < 4.78 is 0. The molecule has 4 saturated carbocycles. The van der Waals surface area contributed by atoms with E-state index in [0.717, 1.165) is 35.6 Å². The third-order valence-corrected chi connectivity index (χ3v) is 5.79. The van der Waals surface area contributed by atoms with E-state index in [9.17, 15) is 0 Å². The molecule has 4 fully saturated rings. The molecule has 1 nitrogen and oxygen atoms in total. The van der Waals surface area contributed by atoms with Crippen LogP contribution < -0.4 is 5.32 Å². The zero-order valence-electron chi connectivity index (χ0n) is 9.62. The van der Waals surface area contributed by atoms with Gasteiger partial charge in [0.1, 0.15) is 0 Å². The number of fused-ring (bicyclic) bond motifs is 5. The van der Waals surface area contributed by atoms with Gasteiger partial charge in [-0.1, -0.05) is 6.42 Å². The van der Waals surface area contributed by atoms with E-state index < -0.39 is 0 Å². The van der Waals surface area contributed by atoms with Crippen LogP contribution in [-0.4, -0.2) is 12.6 Å². The molecular weight excluding hydrogens is 182 g/mol. The summed E-state index contributed by atoms with van der Waals surface area (Å²) in [4.78, 5) is 0. The Balaban J connectivity index is 1.41. The van der Waals surface area contributed by atoms with Gasteiger partial charge in [0.25, 0.3) is 0 Å². The molecule has 1 heteroatoms. The lowest BCUT2D eigenvalue weighted by Crippen LogP contribution is -2.40. The van der Waals surface area contributed by atoms with Crippen molar-refractivity contribution >= 4 is 0 Å². The van der Waals surface area contributed by atoms with E-state index in [1.54, 1.807) is 19.3 Å². The highest BCUT2D eigenvalue weighted by Crippen LogP contribution is 2.58. The van der Waals surface area contributed by atoms with Crippen LogP contribution in [0.3, 0.4) is 0 Å². The van der Waals surface area contributed by atoms with E-state index in [1.807, 2.05) is 0 Å². The largest absolute Gasteiger partial charge is 0.313 e. The van der Waals surface area contributed by atoms with E-state index in [-0.39, 0.29) is 0 Å². The monoisotopic (exact) mass is 205 g/mol. The normalized spacial score (nSPS) is 52.4. The molecule has 0 aromatic carbocycles. The van der Waals surface area contributed by atoms with Crippen LogP contribution in [0.4, 0.5) is 0 Å². The van der Waals surface area contributed by atoms with Crippen LogP contribution in [0.5, 0.6) is 0 Å². The van der Waals surface area contributed by atoms with Crippen LogP contribution in [0.15, 0.2) is 0 Å². The van der Waals surface area contributed by atoms with Gasteiger partial charge in [0, 0.05) is 6.04 Å². The van der Waals surface area contributed by atoms with E-state index in [0.29, 0.717) is 0 Å². The molecule has 0 aromatic rings. The molecule has 0 aliphatic heterocycles. The first-order chi connectivity index (χ1) is 7.42. The lowest BCUT2D eigenvalue weighted by molar-refractivity contribution is 0.208. The zero-order chi connectivity index (χ0) is 9.83. The van der Waals surface area contributed by atoms with E-state index in [2.05, 4.69) is 5.32 Å². The van der Waals surface area contributed by atoms with Crippen molar-refractivity contribution in [2.24, 2.45) is 29.6 Å². The van der Waals surface area contributed by atoms with Crippen molar-refractivity contribution < 1.29 is 0 Å². The van der Waals surface area contributed by atoms with Gasteiger partial charge < -0.3 is 5.32 Å². The van der Waals surface area contributed by atoms with E-state index in [1.165, 1.54) is 32.2 Å². The van der Waals surface area contributed by atoms with Crippen molar-refractivity contribution in [3.05, 3.63) is 0 Å². The second-order valence-electron chi connectivity index (χ2n) is 6.61. The van der Waals surface area contributed by atoms with Crippen molar-refractivity contribution in [3.63, 3.8) is 0 Å². The lowest BCUT2D eigenvalue weighted by atomic mass is 9.79. The molecule has 0 radical (unpaired) electrons. The summed E-state index contributed by atoms with van der Waals surface area (Å²) in [6.45, 7) is 1.34. The molecule has 1 N–H and O–H groups in total. The average Bonchev–Trinajstić information content (AvgIpc) is 2.72. The Kier molecular flexibility index (Phi) is 1.94. The topological polar surface area (TPSA) is 12.0 Å². The first kappa shape index (κ1) is 9.04. The number of rotatable bonds is 3. The van der Waals surface area contributed by atoms with Crippen molar-refractivity contribution in [2.75, 3.05) is 6.54 Å². The van der Waals surface area contributed by atoms with Gasteiger partial charge in [-0.05, 0) is 74.7 Å². The predicted molar refractivity (Wildman–Crippen MR) is 61.6 cm³/mol. The van der Waals surface area contributed by atoms with Crippen molar-refractivity contribution in [1.82, 2.24) is 5.32 Å². The molecule has 4 aliphatic rings. The molecule has 84 valence electrons. The summed E-state index contributed by atoms with van der Waals surface area (Å²) >= 11 is 0. The molecular formula is C14H23N. The highest BCUT2D eigenvalue weighted by Gasteiger charge is 2.53. The van der Waals surface area contributed by atoms with Crippen LogP contribution in [0, 0.1) is 29.6 Å². The van der Waals surface area contributed by atoms with Gasteiger partial charge in [-0.25, -0.2) is 0 Å². The first-order valence-corrected chi connectivity index (χ1v) is 7.15. The molecule has 5 atom stereocenters. The van der Waals surface area contributed by atoms with Crippen LogP contribution >= 0.6 is 0 Å². The highest BCUT2D eigenvalue weighted by atomic mass is 15.0. The SMILES string of the molecule is C1CC2C3CC(NCC4CC4)C(C3)C2C1. The van der Waals surface area contributed by atoms with Crippen molar-refractivity contribution in [2.45, 2.75) is 51.0 Å². The second-order valence-corrected chi connectivity index (χ2v) is 6.61. The molecule has 4 rings (SSSR count). The Labute approximate surface area is 93.0 Å². The Hall–Kier alpha value is -0.0400. The highest BCUT2D eigenvalue weighted by molar-refractivity contribution is 5.05. The van der Waals surface area contributed by atoms with Crippen LogP contribution in [0.25, 0.3) is 0 Å². The fourth-order valence-corrected chi connectivity index (χ4v) is 4.94. The third-order valence-electron chi connectivity index (χ3n) is 5.79. The van der Waals surface area contributed by atoms with Crippen LogP contribution in [0.1, 0.15) is 44.9 Å². The minimum absolute atomic E-state index is 0.926. The molecule has 0 spiro atoms. The van der Waals surface area contributed by atoms with E-state index >= 15 is 0 Å². The molecule has 15 heavy (non-hydrogen) atoms. The van der Waals surface area contributed by atoms with Gasteiger partial charge in [-0.3, -0.25) is 0 Å². The minimum Gasteiger partial charge on any atom is -0.313 e. The lowest BCUT2D eigenvalue weighted by Gasteiger charge is -2.32. The predicted octanol–water partition coefficient (Wildman–Crippen LogP) is 2.81. The average molecular weight is 205 g/mol. The fourth-order valence-electron chi connectivity index (χ4n) is 4.94. The summed E-state index contributed by atoms with van der Waals surface area (Å²) in [7, 11) is 0. The number of hydrogen-bond acceptors (Lipinski definition) is 1. The maximum atomic E-state index is 3.89. The summed E-state index contributed by atoms with van der Waals surface area (Å²) in [5.41, 5.74) is 0. The first-order valence-electron chi connectivity index (χ1n) is 7.15. The Bertz CT molecular complexity index is 258. The van der Waals surface area contributed by atoms with Gasteiger partial charge in [-0.2, -0.15) is 0 Å². The maximum Gasteiger partial charge on any atom is 0.0101 e. The maximum absolute atomic E-state index is 3.89. The van der Waals surface area contributed by atoms with Gasteiger partial charge >= 0.3 is 0 Å². The van der Waals surface area contributed by atoms with Gasteiger partial charge in [0.05, 0.1) is 0 Å². The molecule has 0 heterocycles. The van der Waals surface area contributed by atoms with Crippen molar-refractivity contribution in [1.29, 1.82) is 0 Å². The third kappa shape index (κ3) is 1.39. The summed E-state index contributed by atoms with van der Waals surface area (Å²) in [6, 6.07) is 0.926. The number of hydrogen-bond donors (Lipinski definition) is 1. The number of nitrogens with one attached hydrogen (secondary N) is 1. The Morgan fingerprint density at radius 2 is 1.73 bits per heavy atom. The van der Waals surface area contributed by atoms with Crippen LogP contribution in [-0.2, 0) is 0 Å². The smallest absolute Gasteiger partial charge is 0.0101 e. The quantitative estimate of drug-likeness (QED) is 0.747. The summed E-state index contributed by atoms with van der Waals surface area (Å²) in [5, 5.41) is 3.89. The van der Waals surface area contributed by atoms with Crippen LogP contribution in [0.2, 0.25) is 0 Å². The Morgan fingerprint density at radius 1 is 0.867 bits per heavy atom. The van der Waals surface area contributed by atoms with E-state index in [4.69, 9.17) is 0 Å². The molecule has 5 unspecified atom stereocenters. The molecule has 0 aromatic heterocycles. The molecule has 0 saturated heterocycles. The Morgan fingerprint density at radius 3 is 2.60 bits per heavy atom. The van der Waals surface area contributed by atoms with Gasteiger partial charge in [-0.15, -0.1) is 0 Å². The van der Waals surface area contributed by atoms with Crippen molar-refractivity contribution in [3.8, 4) is 0 Å². The second kappa shape index (κ2) is 3.23. The van der Waals surface area contributed by atoms with Gasteiger partial charge in [0.2, 0.25) is 0 Å². The standard InChI is InChI=1S/C14H23N/c1-2-11-10-6-13(12(11)3-1)14(7-10)15-8-9-4-5-9/h9-15H,1-8H2.